The van der Waals surface area contributed by atoms with Crippen LogP contribution >= 0.6 is 0 Å². The molecule has 1 unspecified atom stereocenters. The molecule has 1 fully saturated rings. The van der Waals surface area contributed by atoms with Gasteiger partial charge in [0, 0.05) is 6.04 Å². The van der Waals surface area contributed by atoms with Crippen LogP contribution in [0.3, 0.4) is 0 Å². The summed E-state index contributed by atoms with van der Waals surface area (Å²) >= 11 is 0. The van der Waals surface area contributed by atoms with Gasteiger partial charge in [-0.05, 0) is 32.6 Å². The maximum Gasteiger partial charge on any atom is 0.244 e. The van der Waals surface area contributed by atoms with Gasteiger partial charge in [-0.2, -0.15) is 5.10 Å². The molecule has 0 amide bonds. The zero-order valence-electron chi connectivity index (χ0n) is 9.90. The summed E-state index contributed by atoms with van der Waals surface area (Å²) in [5.74, 6) is 0.439. The molecule has 1 aromatic rings. The van der Waals surface area contributed by atoms with Crippen molar-refractivity contribution < 1.29 is 13.5 Å². The minimum absolute atomic E-state index is 0.0687. The van der Waals surface area contributed by atoms with Crippen molar-refractivity contribution in [2.75, 3.05) is 0 Å². The second-order valence-electron chi connectivity index (χ2n) is 4.53. The molecule has 0 saturated heterocycles. The lowest BCUT2D eigenvalue weighted by atomic mass is 10.2. The number of aliphatic hydroxyl groups excluding tert-OH is 1. The molecular weight excluding hydrogens is 242 g/mol. The van der Waals surface area contributed by atoms with E-state index in [4.69, 9.17) is 5.11 Å². The number of nitrogens with one attached hydrogen (secondary N) is 2. The Labute approximate surface area is 100 Å². The van der Waals surface area contributed by atoms with Crippen molar-refractivity contribution in [3.63, 3.8) is 0 Å². The molecular formula is C10H17N3O3S. The van der Waals surface area contributed by atoms with Crippen molar-refractivity contribution in [1.29, 1.82) is 0 Å². The molecule has 0 aromatic carbocycles. The molecule has 1 saturated carbocycles. The first kappa shape index (κ1) is 12.5. The van der Waals surface area contributed by atoms with Crippen LogP contribution in [-0.4, -0.2) is 29.8 Å². The average Bonchev–Trinajstić information content (AvgIpc) is 3.01. The van der Waals surface area contributed by atoms with E-state index in [1.807, 2.05) is 6.92 Å². The summed E-state index contributed by atoms with van der Waals surface area (Å²) in [6.07, 6.45) is 2.14. The van der Waals surface area contributed by atoms with Crippen LogP contribution in [0.2, 0.25) is 0 Å². The molecule has 6 nitrogen and oxygen atoms in total. The topological polar surface area (TPSA) is 95.1 Å². The maximum atomic E-state index is 12.2. The van der Waals surface area contributed by atoms with E-state index in [0.29, 0.717) is 11.6 Å². The Morgan fingerprint density at radius 2 is 2.24 bits per heavy atom. The minimum Gasteiger partial charge on any atom is -0.390 e. The van der Waals surface area contributed by atoms with Crippen LogP contribution in [0.5, 0.6) is 0 Å². The Bertz CT molecular complexity index is 505. The first-order valence-corrected chi connectivity index (χ1v) is 7.11. The standard InChI is InChI=1S/C10H17N3O3S/c1-6(8-3-4-8)13-17(15,16)10-7(2)11-12-9(10)5-14/h6,8,13-14H,3-5H2,1-2H3,(H,11,12). The SMILES string of the molecule is Cc1[nH]nc(CO)c1S(=O)(=O)NC(C)C1CC1. The van der Waals surface area contributed by atoms with Crippen LogP contribution in [0, 0.1) is 12.8 Å². The summed E-state index contributed by atoms with van der Waals surface area (Å²) < 4.78 is 26.9. The van der Waals surface area contributed by atoms with Crippen LogP contribution < -0.4 is 4.72 Å². The van der Waals surface area contributed by atoms with Crippen molar-refractivity contribution in [2.45, 2.75) is 44.2 Å². The van der Waals surface area contributed by atoms with Gasteiger partial charge in [-0.25, -0.2) is 13.1 Å². The third kappa shape index (κ3) is 2.51. The van der Waals surface area contributed by atoms with Gasteiger partial charge in [0.15, 0.2) is 0 Å². The summed E-state index contributed by atoms with van der Waals surface area (Å²) in [4.78, 5) is 0.0764. The molecule has 1 aliphatic rings. The van der Waals surface area contributed by atoms with E-state index in [-0.39, 0.29) is 16.6 Å². The summed E-state index contributed by atoms with van der Waals surface area (Å²) in [5, 5.41) is 15.4. The van der Waals surface area contributed by atoms with Crippen molar-refractivity contribution in [1.82, 2.24) is 14.9 Å². The number of nitrogens with zero attached hydrogens (tertiary/aromatic N) is 1. The lowest BCUT2D eigenvalue weighted by molar-refractivity contribution is 0.273. The number of sulfonamides is 1. The maximum absolute atomic E-state index is 12.2. The van der Waals surface area contributed by atoms with Gasteiger partial charge in [0.05, 0.1) is 12.3 Å². The minimum atomic E-state index is -3.60. The average molecular weight is 259 g/mol. The van der Waals surface area contributed by atoms with Gasteiger partial charge in [-0.3, -0.25) is 5.10 Å². The fraction of sp³-hybridized carbons (Fsp3) is 0.700. The monoisotopic (exact) mass is 259 g/mol. The Morgan fingerprint density at radius 1 is 1.59 bits per heavy atom. The molecule has 1 aliphatic carbocycles. The van der Waals surface area contributed by atoms with Crippen LogP contribution in [-0.2, 0) is 16.6 Å². The van der Waals surface area contributed by atoms with Gasteiger partial charge in [-0.15, -0.1) is 0 Å². The Balaban J connectivity index is 2.26. The number of rotatable bonds is 5. The zero-order chi connectivity index (χ0) is 12.6. The molecule has 96 valence electrons. The van der Waals surface area contributed by atoms with Gasteiger partial charge >= 0.3 is 0 Å². The van der Waals surface area contributed by atoms with Crippen LogP contribution in [0.15, 0.2) is 4.90 Å². The molecule has 1 aromatic heterocycles. The molecule has 3 N–H and O–H groups in total. The predicted octanol–water partition coefficient (Wildman–Crippen LogP) is 0.287. The van der Waals surface area contributed by atoms with E-state index in [1.54, 1.807) is 6.92 Å². The van der Waals surface area contributed by atoms with Gasteiger partial charge in [0.2, 0.25) is 10.0 Å². The molecule has 0 radical (unpaired) electrons. The predicted molar refractivity (Wildman–Crippen MR) is 61.8 cm³/mol. The lowest BCUT2D eigenvalue weighted by Crippen LogP contribution is -2.34. The number of aromatic amines is 1. The summed E-state index contributed by atoms with van der Waals surface area (Å²) in [5.41, 5.74) is 0.613. The van der Waals surface area contributed by atoms with Crippen molar-refractivity contribution in [3.8, 4) is 0 Å². The van der Waals surface area contributed by atoms with E-state index < -0.39 is 16.6 Å². The van der Waals surface area contributed by atoms with Gasteiger partial charge in [0.1, 0.15) is 10.6 Å². The van der Waals surface area contributed by atoms with Gasteiger partial charge < -0.3 is 5.11 Å². The van der Waals surface area contributed by atoms with E-state index in [9.17, 15) is 8.42 Å². The smallest absolute Gasteiger partial charge is 0.244 e. The number of aromatic nitrogens is 2. The van der Waals surface area contributed by atoms with Crippen LogP contribution in [0.1, 0.15) is 31.2 Å². The lowest BCUT2D eigenvalue weighted by Gasteiger charge is -2.13. The molecule has 0 spiro atoms. The molecule has 1 heterocycles. The number of H-pyrrole nitrogens is 1. The molecule has 0 bridgehead atoms. The van der Waals surface area contributed by atoms with E-state index in [0.717, 1.165) is 12.8 Å². The molecule has 1 atom stereocenters. The number of aryl methyl sites for hydroxylation is 1. The third-order valence-corrected chi connectivity index (χ3v) is 4.81. The molecule has 0 aliphatic heterocycles. The fourth-order valence-electron chi connectivity index (χ4n) is 1.93. The quantitative estimate of drug-likeness (QED) is 0.708. The molecule has 2 rings (SSSR count). The molecule has 17 heavy (non-hydrogen) atoms. The largest absolute Gasteiger partial charge is 0.390 e. The van der Waals surface area contributed by atoms with Crippen molar-refractivity contribution in [3.05, 3.63) is 11.4 Å². The number of hydrogen-bond acceptors (Lipinski definition) is 4. The first-order chi connectivity index (χ1) is 7.95. The van der Waals surface area contributed by atoms with E-state index in [1.165, 1.54) is 0 Å². The second kappa shape index (κ2) is 4.40. The summed E-state index contributed by atoms with van der Waals surface area (Å²) in [7, 11) is -3.60. The Kier molecular flexibility index (Phi) is 3.24. The molecule has 7 heteroatoms. The summed E-state index contributed by atoms with van der Waals surface area (Å²) in [6, 6.07) is -0.0687. The Morgan fingerprint density at radius 3 is 2.76 bits per heavy atom. The highest BCUT2D eigenvalue weighted by molar-refractivity contribution is 7.89. The zero-order valence-corrected chi connectivity index (χ0v) is 10.7. The van der Waals surface area contributed by atoms with E-state index >= 15 is 0 Å². The summed E-state index contributed by atoms with van der Waals surface area (Å²) in [6.45, 7) is 3.10. The van der Waals surface area contributed by atoms with E-state index in [2.05, 4.69) is 14.9 Å². The normalized spacial score (nSPS) is 18.3. The number of hydrogen-bond donors (Lipinski definition) is 3. The van der Waals surface area contributed by atoms with Gasteiger partial charge in [-0.1, -0.05) is 0 Å². The van der Waals surface area contributed by atoms with Crippen LogP contribution in [0.25, 0.3) is 0 Å². The Hall–Kier alpha value is -0.920. The van der Waals surface area contributed by atoms with Gasteiger partial charge in [0.25, 0.3) is 0 Å². The second-order valence-corrected chi connectivity index (χ2v) is 6.18. The highest BCUT2D eigenvalue weighted by Crippen LogP contribution is 2.33. The third-order valence-electron chi connectivity index (χ3n) is 3.05. The number of aliphatic hydroxyl groups is 1. The van der Waals surface area contributed by atoms with Crippen LogP contribution in [0.4, 0.5) is 0 Å². The fourth-order valence-corrected chi connectivity index (χ4v) is 3.60. The highest BCUT2D eigenvalue weighted by Gasteiger charge is 2.33. The van der Waals surface area contributed by atoms with Crippen molar-refractivity contribution in [2.24, 2.45) is 5.92 Å². The highest BCUT2D eigenvalue weighted by atomic mass is 32.2. The first-order valence-electron chi connectivity index (χ1n) is 5.62. The van der Waals surface area contributed by atoms with Crippen molar-refractivity contribution >= 4 is 10.0 Å².